The van der Waals surface area contributed by atoms with Gasteiger partial charge in [0.15, 0.2) is 9.84 Å². The molecule has 144 valence electrons. The van der Waals surface area contributed by atoms with Crippen LogP contribution < -0.4 is 5.32 Å². The molecule has 1 fully saturated rings. The Morgan fingerprint density at radius 3 is 2.39 bits per heavy atom. The topological polar surface area (TPSA) is 76.1 Å². The predicted octanol–water partition coefficient (Wildman–Crippen LogP) is 4.28. The SMILES string of the molecule is CC(=O)Nc1cc2nc(-c3ccc(S(C)(=O)=O)cc3)cc(C3CC3)c2cc1F. The highest BCUT2D eigenvalue weighted by Gasteiger charge is 2.27. The molecule has 0 unspecified atom stereocenters. The van der Waals surface area contributed by atoms with E-state index in [9.17, 15) is 17.6 Å². The Hall–Kier alpha value is -2.80. The molecule has 1 aromatic heterocycles. The minimum Gasteiger partial charge on any atom is -0.324 e. The summed E-state index contributed by atoms with van der Waals surface area (Å²) in [6.07, 6.45) is 3.25. The van der Waals surface area contributed by atoms with E-state index in [4.69, 9.17) is 0 Å². The van der Waals surface area contributed by atoms with Crippen molar-refractivity contribution in [2.24, 2.45) is 0 Å². The summed E-state index contributed by atoms with van der Waals surface area (Å²) in [5.74, 6) is -0.476. The smallest absolute Gasteiger partial charge is 0.221 e. The molecule has 1 aliphatic rings. The van der Waals surface area contributed by atoms with Crippen molar-refractivity contribution in [1.82, 2.24) is 4.98 Å². The van der Waals surface area contributed by atoms with E-state index in [1.54, 1.807) is 30.3 Å². The predicted molar refractivity (Wildman–Crippen MR) is 107 cm³/mol. The second-order valence-electron chi connectivity index (χ2n) is 7.20. The highest BCUT2D eigenvalue weighted by molar-refractivity contribution is 7.90. The molecule has 28 heavy (non-hydrogen) atoms. The van der Waals surface area contributed by atoms with Crippen LogP contribution in [0.25, 0.3) is 22.2 Å². The van der Waals surface area contributed by atoms with Crippen LogP contribution in [0.3, 0.4) is 0 Å². The van der Waals surface area contributed by atoms with Crippen molar-refractivity contribution >= 4 is 32.3 Å². The number of aromatic nitrogens is 1. The van der Waals surface area contributed by atoms with Crippen LogP contribution in [0.5, 0.6) is 0 Å². The van der Waals surface area contributed by atoms with Gasteiger partial charge in [0.05, 0.1) is 21.8 Å². The third-order valence-corrected chi connectivity index (χ3v) is 5.96. The van der Waals surface area contributed by atoms with Gasteiger partial charge in [0.1, 0.15) is 5.82 Å². The summed E-state index contributed by atoms with van der Waals surface area (Å²) >= 11 is 0. The number of halogens is 1. The Morgan fingerprint density at radius 2 is 1.82 bits per heavy atom. The fourth-order valence-electron chi connectivity index (χ4n) is 3.31. The van der Waals surface area contributed by atoms with Crippen LogP contribution in [0.2, 0.25) is 0 Å². The number of amides is 1. The molecule has 4 rings (SSSR count). The van der Waals surface area contributed by atoms with Crippen molar-refractivity contribution in [3.63, 3.8) is 0 Å². The van der Waals surface area contributed by atoms with E-state index < -0.39 is 15.7 Å². The lowest BCUT2D eigenvalue weighted by Crippen LogP contribution is -2.08. The number of hydrogen-bond donors (Lipinski definition) is 1. The summed E-state index contributed by atoms with van der Waals surface area (Å²) in [7, 11) is -3.27. The van der Waals surface area contributed by atoms with Crippen molar-refractivity contribution in [1.29, 1.82) is 0 Å². The Balaban J connectivity index is 1.87. The largest absolute Gasteiger partial charge is 0.324 e. The minimum absolute atomic E-state index is 0.0961. The molecular weight excluding hydrogens is 379 g/mol. The van der Waals surface area contributed by atoms with Crippen molar-refractivity contribution in [3.8, 4) is 11.3 Å². The van der Waals surface area contributed by atoms with Crippen LogP contribution in [-0.2, 0) is 14.6 Å². The van der Waals surface area contributed by atoms with Crippen molar-refractivity contribution in [2.75, 3.05) is 11.6 Å². The molecule has 0 atom stereocenters. The molecule has 0 saturated heterocycles. The molecule has 0 aliphatic heterocycles. The molecule has 5 nitrogen and oxygen atoms in total. The maximum Gasteiger partial charge on any atom is 0.221 e. The zero-order valence-corrected chi connectivity index (χ0v) is 16.3. The molecular formula is C21H19FN2O3S. The number of hydrogen-bond acceptors (Lipinski definition) is 4. The highest BCUT2D eigenvalue weighted by atomic mass is 32.2. The van der Waals surface area contributed by atoms with Gasteiger partial charge in [-0.15, -0.1) is 0 Å². The molecule has 1 N–H and O–H groups in total. The lowest BCUT2D eigenvalue weighted by Gasteiger charge is -2.12. The van der Waals surface area contributed by atoms with Gasteiger partial charge >= 0.3 is 0 Å². The minimum atomic E-state index is -3.27. The maximum absolute atomic E-state index is 14.4. The van der Waals surface area contributed by atoms with Gasteiger partial charge in [-0.25, -0.2) is 17.8 Å². The van der Waals surface area contributed by atoms with Crippen molar-refractivity contribution in [3.05, 3.63) is 53.8 Å². The number of carbonyl (C=O) groups excluding carboxylic acids is 1. The summed E-state index contributed by atoms with van der Waals surface area (Å²) < 4.78 is 37.8. The Kier molecular flexibility index (Phi) is 4.42. The number of benzene rings is 2. The highest BCUT2D eigenvalue weighted by Crippen LogP contribution is 2.44. The quantitative estimate of drug-likeness (QED) is 0.712. The molecule has 3 aromatic rings. The lowest BCUT2D eigenvalue weighted by atomic mass is 10.0. The van der Waals surface area contributed by atoms with Gasteiger partial charge in [-0.05, 0) is 54.7 Å². The van der Waals surface area contributed by atoms with Gasteiger partial charge < -0.3 is 5.32 Å². The zero-order chi connectivity index (χ0) is 20.1. The molecule has 1 aliphatic carbocycles. The van der Waals surface area contributed by atoms with Crippen LogP contribution in [-0.4, -0.2) is 25.6 Å². The molecule has 2 aromatic carbocycles. The summed E-state index contributed by atoms with van der Waals surface area (Å²) in [5, 5.41) is 3.23. The number of pyridine rings is 1. The first-order chi connectivity index (χ1) is 13.2. The third-order valence-electron chi connectivity index (χ3n) is 4.84. The summed E-state index contributed by atoms with van der Waals surface area (Å²) in [6.45, 7) is 1.33. The summed E-state index contributed by atoms with van der Waals surface area (Å²) in [6, 6.07) is 11.5. The van der Waals surface area contributed by atoms with E-state index in [1.807, 2.05) is 6.07 Å². The Bertz CT molecular complexity index is 1200. The van der Waals surface area contributed by atoms with Crippen LogP contribution >= 0.6 is 0 Å². The maximum atomic E-state index is 14.4. The summed E-state index contributed by atoms with van der Waals surface area (Å²) in [5.41, 5.74) is 3.19. The molecule has 0 radical (unpaired) electrons. The number of carbonyl (C=O) groups is 1. The molecule has 7 heteroatoms. The van der Waals surface area contributed by atoms with Crippen molar-refractivity contribution < 1.29 is 17.6 Å². The Labute approximate surface area is 162 Å². The summed E-state index contributed by atoms with van der Waals surface area (Å²) in [4.78, 5) is 16.2. The molecule has 1 heterocycles. The van der Waals surface area contributed by atoms with Gasteiger partial charge in [0.25, 0.3) is 0 Å². The first kappa shape index (κ1) is 18.6. The van der Waals surface area contributed by atoms with E-state index in [1.165, 1.54) is 19.2 Å². The number of anilines is 1. The molecule has 0 spiro atoms. The van der Waals surface area contributed by atoms with Crippen LogP contribution in [0.1, 0.15) is 31.2 Å². The standard InChI is InChI=1S/C21H19FN2O3S/c1-12(25)23-21-11-20-17(9-18(21)22)16(13-3-4-13)10-19(24-20)14-5-7-15(8-6-14)28(2,26)27/h5-11,13H,3-4H2,1-2H3,(H,23,25). The van der Waals surface area contributed by atoms with Crippen LogP contribution in [0.4, 0.5) is 10.1 Å². The van der Waals surface area contributed by atoms with Crippen LogP contribution in [0, 0.1) is 5.82 Å². The first-order valence-corrected chi connectivity index (χ1v) is 10.8. The number of fused-ring (bicyclic) bond motifs is 1. The first-order valence-electron chi connectivity index (χ1n) is 8.94. The average Bonchev–Trinajstić information content (AvgIpc) is 3.46. The molecule has 0 bridgehead atoms. The lowest BCUT2D eigenvalue weighted by molar-refractivity contribution is -0.114. The van der Waals surface area contributed by atoms with Crippen molar-refractivity contribution in [2.45, 2.75) is 30.6 Å². The fraction of sp³-hybridized carbons (Fsp3) is 0.238. The van der Waals surface area contributed by atoms with E-state index in [-0.39, 0.29) is 16.5 Å². The van der Waals surface area contributed by atoms with E-state index in [0.29, 0.717) is 17.1 Å². The van der Waals surface area contributed by atoms with Crippen LogP contribution in [0.15, 0.2) is 47.4 Å². The zero-order valence-electron chi connectivity index (χ0n) is 15.5. The van der Waals surface area contributed by atoms with Gasteiger partial charge in [0.2, 0.25) is 5.91 Å². The number of rotatable bonds is 4. The average molecular weight is 398 g/mol. The van der Waals surface area contributed by atoms with Gasteiger partial charge in [-0.3, -0.25) is 4.79 Å². The van der Waals surface area contributed by atoms with E-state index in [0.717, 1.165) is 29.4 Å². The second-order valence-corrected chi connectivity index (χ2v) is 9.21. The fourth-order valence-corrected chi connectivity index (χ4v) is 3.94. The third kappa shape index (κ3) is 3.62. The van der Waals surface area contributed by atoms with Gasteiger partial charge in [-0.2, -0.15) is 0 Å². The van der Waals surface area contributed by atoms with Gasteiger partial charge in [-0.1, -0.05) is 12.1 Å². The second kappa shape index (κ2) is 6.67. The van der Waals surface area contributed by atoms with E-state index in [2.05, 4.69) is 10.3 Å². The number of nitrogens with zero attached hydrogens (tertiary/aromatic N) is 1. The number of sulfone groups is 1. The number of nitrogens with one attached hydrogen (secondary N) is 1. The monoisotopic (exact) mass is 398 g/mol. The van der Waals surface area contributed by atoms with E-state index >= 15 is 0 Å². The molecule has 1 saturated carbocycles. The normalized spacial score (nSPS) is 14.2. The molecule has 1 amide bonds. The Morgan fingerprint density at radius 1 is 1.14 bits per heavy atom. The van der Waals surface area contributed by atoms with Gasteiger partial charge in [0, 0.05) is 24.1 Å².